The van der Waals surface area contributed by atoms with Gasteiger partial charge in [0.15, 0.2) is 0 Å². The zero-order valence-electron chi connectivity index (χ0n) is 12.5. The highest BCUT2D eigenvalue weighted by Crippen LogP contribution is 2.20. The number of hydrogen-bond donors (Lipinski definition) is 1. The van der Waals surface area contributed by atoms with Crippen molar-refractivity contribution in [1.29, 1.82) is 0 Å². The molecule has 2 nitrogen and oxygen atoms in total. The van der Waals surface area contributed by atoms with Crippen LogP contribution in [0.2, 0.25) is 0 Å². The van der Waals surface area contributed by atoms with Crippen LogP contribution in [0.3, 0.4) is 0 Å². The number of fused-ring (bicyclic) bond motifs is 1. The average Bonchev–Trinajstić information content (AvgIpc) is 2.54. The standard InChI is InChI=1S/C19H15F2NO/c1-12(17-9-8-16(20)11-18(17)21)22-19(23)15-7-6-13-4-2-3-5-14(13)10-15/h2-12H,1H3,(H,22,23)/t12-/m1/s1. The first-order valence-corrected chi connectivity index (χ1v) is 7.29. The van der Waals surface area contributed by atoms with Crippen LogP contribution in [0.5, 0.6) is 0 Å². The molecule has 0 saturated heterocycles. The van der Waals surface area contributed by atoms with E-state index in [1.165, 1.54) is 12.1 Å². The van der Waals surface area contributed by atoms with E-state index < -0.39 is 17.7 Å². The number of benzene rings is 3. The van der Waals surface area contributed by atoms with Gasteiger partial charge in [0, 0.05) is 17.2 Å². The Balaban J connectivity index is 1.82. The first kappa shape index (κ1) is 15.2. The molecule has 0 aliphatic carbocycles. The number of carbonyl (C=O) groups excluding carboxylic acids is 1. The Morgan fingerprint density at radius 2 is 1.70 bits per heavy atom. The van der Waals surface area contributed by atoms with Crippen molar-refractivity contribution < 1.29 is 13.6 Å². The maximum atomic E-state index is 13.8. The molecule has 3 rings (SSSR count). The summed E-state index contributed by atoms with van der Waals surface area (Å²) in [6, 6.07) is 15.9. The Morgan fingerprint density at radius 1 is 0.957 bits per heavy atom. The first-order chi connectivity index (χ1) is 11.0. The normalized spacial score (nSPS) is 12.1. The summed E-state index contributed by atoms with van der Waals surface area (Å²) in [7, 11) is 0. The molecule has 0 radical (unpaired) electrons. The lowest BCUT2D eigenvalue weighted by Gasteiger charge is -2.15. The number of hydrogen-bond acceptors (Lipinski definition) is 1. The molecule has 4 heteroatoms. The maximum Gasteiger partial charge on any atom is 0.251 e. The molecule has 0 bridgehead atoms. The van der Waals surface area contributed by atoms with Crippen molar-refractivity contribution in [2.75, 3.05) is 0 Å². The fourth-order valence-corrected chi connectivity index (χ4v) is 2.54. The van der Waals surface area contributed by atoms with Crippen LogP contribution >= 0.6 is 0 Å². The van der Waals surface area contributed by atoms with Gasteiger partial charge < -0.3 is 5.32 Å². The number of rotatable bonds is 3. The fourth-order valence-electron chi connectivity index (χ4n) is 2.54. The maximum absolute atomic E-state index is 13.8. The molecule has 1 N–H and O–H groups in total. The molecule has 116 valence electrons. The molecule has 0 fully saturated rings. The first-order valence-electron chi connectivity index (χ1n) is 7.29. The van der Waals surface area contributed by atoms with Gasteiger partial charge in [0.1, 0.15) is 11.6 Å². The molecule has 0 unspecified atom stereocenters. The summed E-state index contributed by atoms with van der Waals surface area (Å²) in [6.07, 6.45) is 0. The second kappa shape index (κ2) is 6.16. The molecule has 23 heavy (non-hydrogen) atoms. The Morgan fingerprint density at radius 3 is 2.43 bits per heavy atom. The van der Waals surface area contributed by atoms with Crippen LogP contribution in [0.25, 0.3) is 10.8 Å². The largest absolute Gasteiger partial charge is 0.345 e. The van der Waals surface area contributed by atoms with Crippen LogP contribution in [-0.2, 0) is 0 Å². The van der Waals surface area contributed by atoms with Crippen molar-refractivity contribution in [3.05, 3.63) is 83.4 Å². The Bertz CT molecular complexity index is 876. The van der Waals surface area contributed by atoms with Gasteiger partial charge in [-0.15, -0.1) is 0 Å². The smallest absolute Gasteiger partial charge is 0.251 e. The van der Waals surface area contributed by atoms with Gasteiger partial charge in [-0.05, 0) is 35.9 Å². The number of amides is 1. The molecule has 1 atom stereocenters. The summed E-state index contributed by atoms with van der Waals surface area (Å²) in [6.45, 7) is 1.66. The van der Waals surface area contributed by atoms with Gasteiger partial charge in [0.25, 0.3) is 5.91 Å². The predicted octanol–water partition coefficient (Wildman–Crippen LogP) is 4.61. The number of carbonyl (C=O) groups is 1. The van der Waals surface area contributed by atoms with Gasteiger partial charge in [0.2, 0.25) is 0 Å². The Hall–Kier alpha value is -2.75. The van der Waals surface area contributed by atoms with Crippen molar-refractivity contribution in [2.24, 2.45) is 0 Å². The van der Waals surface area contributed by atoms with E-state index in [2.05, 4.69) is 5.32 Å². The van der Waals surface area contributed by atoms with Gasteiger partial charge in [-0.2, -0.15) is 0 Å². The summed E-state index contributed by atoms with van der Waals surface area (Å²) >= 11 is 0. The van der Waals surface area contributed by atoms with Crippen molar-refractivity contribution in [1.82, 2.24) is 5.32 Å². The molecule has 0 aliphatic heterocycles. The monoisotopic (exact) mass is 311 g/mol. The van der Waals surface area contributed by atoms with Gasteiger partial charge in [-0.1, -0.05) is 36.4 Å². The summed E-state index contributed by atoms with van der Waals surface area (Å²) in [5.41, 5.74) is 0.749. The second-order valence-corrected chi connectivity index (χ2v) is 5.42. The summed E-state index contributed by atoms with van der Waals surface area (Å²) in [4.78, 5) is 12.3. The quantitative estimate of drug-likeness (QED) is 0.752. The lowest BCUT2D eigenvalue weighted by molar-refractivity contribution is 0.0939. The number of halogens is 2. The van der Waals surface area contributed by atoms with Crippen molar-refractivity contribution >= 4 is 16.7 Å². The zero-order valence-corrected chi connectivity index (χ0v) is 12.5. The third-order valence-electron chi connectivity index (χ3n) is 3.79. The van der Waals surface area contributed by atoms with Crippen LogP contribution < -0.4 is 5.32 Å². The summed E-state index contributed by atoms with van der Waals surface area (Å²) < 4.78 is 26.7. The molecule has 3 aromatic carbocycles. The van der Waals surface area contributed by atoms with E-state index in [1.54, 1.807) is 19.1 Å². The lowest BCUT2D eigenvalue weighted by atomic mass is 10.0. The topological polar surface area (TPSA) is 29.1 Å². The molecule has 0 spiro atoms. The van der Waals surface area contributed by atoms with E-state index in [1.807, 2.05) is 30.3 Å². The van der Waals surface area contributed by atoms with E-state index in [0.717, 1.165) is 16.8 Å². The molecule has 0 heterocycles. The average molecular weight is 311 g/mol. The highest BCUT2D eigenvalue weighted by molar-refractivity contribution is 5.98. The molecular formula is C19H15F2NO. The highest BCUT2D eigenvalue weighted by Gasteiger charge is 2.15. The van der Waals surface area contributed by atoms with Crippen LogP contribution in [0, 0.1) is 11.6 Å². The van der Waals surface area contributed by atoms with Crippen LogP contribution in [-0.4, -0.2) is 5.91 Å². The van der Waals surface area contributed by atoms with E-state index in [4.69, 9.17) is 0 Å². The van der Waals surface area contributed by atoms with Crippen LogP contribution in [0.1, 0.15) is 28.9 Å². The molecule has 0 aromatic heterocycles. The van der Waals surface area contributed by atoms with Crippen molar-refractivity contribution in [3.63, 3.8) is 0 Å². The molecule has 0 aliphatic rings. The van der Waals surface area contributed by atoms with Gasteiger partial charge in [-0.25, -0.2) is 8.78 Å². The minimum atomic E-state index is -0.670. The lowest BCUT2D eigenvalue weighted by Crippen LogP contribution is -2.27. The van der Waals surface area contributed by atoms with Crippen molar-refractivity contribution in [2.45, 2.75) is 13.0 Å². The molecule has 3 aromatic rings. The van der Waals surface area contributed by atoms with Gasteiger partial charge >= 0.3 is 0 Å². The van der Waals surface area contributed by atoms with Crippen LogP contribution in [0.4, 0.5) is 8.78 Å². The van der Waals surface area contributed by atoms with E-state index in [-0.39, 0.29) is 11.5 Å². The van der Waals surface area contributed by atoms with Gasteiger partial charge in [-0.3, -0.25) is 4.79 Å². The Labute approximate surface area is 132 Å². The third kappa shape index (κ3) is 3.21. The molecule has 1 amide bonds. The van der Waals surface area contributed by atoms with E-state index in [9.17, 15) is 13.6 Å². The summed E-state index contributed by atoms with van der Waals surface area (Å²) in [5.74, 6) is -1.61. The Kier molecular flexibility index (Phi) is 4.06. The SMILES string of the molecule is C[C@@H](NC(=O)c1ccc2ccccc2c1)c1ccc(F)cc1F. The zero-order chi connectivity index (χ0) is 16.4. The predicted molar refractivity (Wildman–Crippen MR) is 86.2 cm³/mol. The van der Waals surface area contributed by atoms with Gasteiger partial charge in [0.05, 0.1) is 6.04 Å². The summed E-state index contributed by atoms with van der Waals surface area (Å²) in [5, 5.41) is 4.74. The minimum absolute atomic E-state index is 0.250. The van der Waals surface area contributed by atoms with Crippen LogP contribution in [0.15, 0.2) is 60.7 Å². The third-order valence-corrected chi connectivity index (χ3v) is 3.79. The van der Waals surface area contributed by atoms with Crippen molar-refractivity contribution in [3.8, 4) is 0 Å². The minimum Gasteiger partial charge on any atom is -0.345 e. The second-order valence-electron chi connectivity index (χ2n) is 5.42. The number of nitrogens with one attached hydrogen (secondary N) is 1. The molecule has 0 saturated carbocycles. The fraction of sp³-hybridized carbons (Fsp3) is 0.105. The molecular weight excluding hydrogens is 296 g/mol. The van der Waals surface area contributed by atoms with E-state index >= 15 is 0 Å². The van der Waals surface area contributed by atoms with E-state index in [0.29, 0.717) is 5.56 Å². The highest BCUT2D eigenvalue weighted by atomic mass is 19.1.